The Bertz CT molecular complexity index is 1310. The Hall–Kier alpha value is -3.87. The van der Waals surface area contributed by atoms with Crippen LogP contribution >= 0.6 is 0 Å². The highest BCUT2D eigenvalue weighted by atomic mass is 16.7. The predicted octanol–water partition coefficient (Wildman–Crippen LogP) is 3.92. The summed E-state index contributed by atoms with van der Waals surface area (Å²) < 4.78 is 21.4. The molecule has 0 radical (unpaired) electrons. The van der Waals surface area contributed by atoms with Gasteiger partial charge >= 0.3 is 11.9 Å². The van der Waals surface area contributed by atoms with Crippen molar-refractivity contribution in [2.75, 3.05) is 13.4 Å². The van der Waals surface area contributed by atoms with E-state index in [0.717, 1.165) is 45.7 Å². The number of ether oxygens (including phenoxy) is 4. The Balaban J connectivity index is 1.43. The van der Waals surface area contributed by atoms with Gasteiger partial charge in [-0.05, 0) is 53.8 Å². The van der Waals surface area contributed by atoms with Crippen molar-refractivity contribution in [3.05, 3.63) is 64.8 Å². The number of pyridine rings is 1. The molecular weight excluding hydrogens is 410 g/mol. The fourth-order valence-electron chi connectivity index (χ4n) is 4.49. The summed E-state index contributed by atoms with van der Waals surface area (Å²) in [7, 11) is 0. The minimum Gasteiger partial charge on any atom is -0.463 e. The molecule has 6 rings (SSSR count). The van der Waals surface area contributed by atoms with E-state index in [1.807, 2.05) is 42.5 Å². The van der Waals surface area contributed by atoms with Crippen molar-refractivity contribution < 1.29 is 28.5 Å². The normalized spacial score (nSPS) is 19.9. The first kappa shape index (κ1) is 18.9. The van der Waals surface area contributed by atoms with Gasteiger partial charge in [0.25, 0.3) is 0 Å². The molecule has 7 nitrogen and oxygen atoms in total. The van der Waals surface area contributed by atoms with Gasteiger partial charge in [0.1, 0.15) is 0 Å². The lowest BCUT2D eigenvalue weighted by molar-refractivity contribution is -0.145. The number of hydrogen-bond donors (Lipinski definition) is 0. The molecule has 1 saturated heterocycles. The number of carbonyl (C=O) groups is 2. The van der Waals surface area contributed by atoms with Gasteiger partial charge in [-0.2, -0.15) is 0 Å². The van der Waals surface area contributed by atoms with Gasteiger partial charge < -0.3 is 18.9 Å². The number of para-hydroxylation sites is 1. The monoisotopic (exact) mass is 429 g/mol. The van der Waals surface area contributed by atoms with Crippen molar-refractivity contribution in [1.29, 1.82) is 0 Å². The molecule has 1 unspecified atom stereocenters. The molecule has 3 heterocycles. The first-order chi connectivity index (χ1) is 15.7. The van der Waals surface area contributed by atoms with E-state index in [2.05, 4.69) is 6.08 Å². The number of nitrogens with zero attached hydrogens (tertiary/aromatic N) is 1. The fourth-order valence-corrected chi connectivity index (χ4v) is 4.49. The van der Waals surface area contributed by atoms with E-state index < -0.39 is 18.0 Å². The van der Waals surface area contributed by atoms with Gasteiger partial charge in [0.05, 0.1) is 23.4 Å². The third-order valence-electron chi connectivity index (χ3n) is 6.02. The van der Waals surface area contributed by atoms with E-state index in [-0.39, 0.29) is 13.4 Å². The van der Waals surface area contributed by atoms with Gasteiger partial charge in [-0.25, -0.2) is 14.6 Å². The molecule has 1 fully saturated rings. The SMILES string of the molecule is O=C(OC1CCOC1=O)c1c2c(nc3ccccc13)C(=Cc1ccc3c(c1)OCO3)CC2. The third kappa shape index (κ3) is 3.09. The molecule has 160 valence electrons. The van der Waals surface area contributed by atoms with Crippen molar-refractivity contribution in [1.82, 2.24) is 4.98 Å². The molecule has 7 heteroatoms. The van der Waals surface area contributed by atoms with Crippen molar-refractivity contribution in [3.8, 4) is 11.5 Å². The highest BCUT2D eigenvalue weighted by Gasteiger charge is 2.33. The number of hydrogen-bond acceptors (Lipinski definition) is 7. The highest BCUT2D eigenvalue weighted by molar-refractivity contribution is 6.07. The standard InChI is InChI=1S/C25H19NO6/c27-24-20(9-10-29-24)32-25(28)22-16-3-1-2-4-18(16)26-23-15(6-7-17(22)23)11-14-5-8-19-21(12-14)31-13-30-19/h1-5,8,11-12,20H,6-7,9-10,13H2. The maximum atomic E-state index is 13.2. The van der Waals surface area contributed by atoms with Gasteiger partial charge in [0.2, 0.25) is 12.9 Å². The summed E-state index contributed by atoms with van der Waals surface area (Å²) in [5.41, 5.74) is 4.86. The molecule has 2 aromatic carbocycles. The zero-order chi connectivity index (χ0) is 21.7. The van der Waals surface area contributed by atoms with Crippen LogP contribution in [-0.2, 0) is 20.7 Å². The number of carbonyl (C=O) groups excluding carboxylic acids is 2. The quantitative estimate of drug-likeness (QED) is 0.584. The molecule has 0 saturated carbocycles. The van der Waals surface area contributed by atoms with E-state index in [0.29, 0.717) is 23.9 Å². The number of cyclic esters (lactones) is 1. The van der Waals surface area contributed by atoms with Crippen molar-refractivity contribution in [2.24, 2.45) is 0 Å². The molecule has 1 aliphatic carbocycles. The second-order valence-electron chi connectivity index (χ2n) is 7.96. The minimum atomic E-state index is -0.852. The lowest BCUT2D eigenvalue weighted by Crippen LogP contribution is -2.23. The molecule has 0 spiro atoms. The maximum Gasteiger partial charge on any atom is 0.347 e. The van der Waals surface area contributed by atoms with Crippen LogP contribution in [0.4, 0.5) is 0 Å². The molecule has 0 bridgehead atoms. The van der Waals surface area contributed by atoms with Crippen LogP contribution in [0.25, 0.3) is 22.6 Å². The van der Waals surface area contributed by atoms with Crippen LogP contribution in [0.1, 0.15) is 40.0 Å². The first-order valence-electron chi connectivity index (χ1n) is 10.6. The topological polar surface area (TPSA) is 84.0 Å². The molecule has 0 amide bonds. The number of esters is 2. The summed E-state index contributed by atoms with van der Waals surface area (Å²) in [6, 6.07) is 13.3. The lowest BCUT2D eigenvalue weighted by Gasteiger charge is -2.14. The summed E-state index contributed by atoms with van der Waals surface area (Å²) in [5.74, 6) is 0.458. The first-order valence-corrected chi connectivity index (χ1v) is 10.6. The zero-order valence-electron chi connectivity index (χ0n) is 17.1. The number of benzene rings is 2. The number of aromatic nitrogens is 1. The average molecular weight is 429 g/mol. The molecule has 32 heavy (non-hydrogen) atoms. The maximum absolute atomic E-state index is 13.2. The van der Waals surface area contributed by atoms with Gasteiger partial charge in [-0.15, -0.1) is 0 Å². The Kier molecular flexibility index (Phi) is 4.35. The van der Waals surface area contributed by atoms with Crippen LogP contribution in [0, 0.1) is 0 Å². The number of rotatable bonds is 3. The largest absolute Gasteiger partial charge is 0.463 e. The highest BCUT2D eigenvalue weighted by Crippen LogP contribution is 2.39. The summed E-state index contributed by atoms with van der Waals surface area (Å²) in [6.07, 6.45) is 3.02. The Morgan fingerprint density at radius 1 is 1.06 bits per heavy atom. The van der Waals surface area contributed by atoms with Gasteiger partial charge in [0, 0.05) is 11.8 Å². The van der Waals surface area contributed by atoms with Crippen LogP contribution in [0.3, 0.4) is 0 Å². The predicted molar refractivity (Wildman–Crippen MR) is 115 cm³/mol. The van der Waals surface area contributed by atoms with Gasteiger partial charge in [0.15, 0.2) is 11.5 Å². The molecule has 3 aromatic rings. The van der Waals surface area contributed by atoms with Crippen molar-refractivity contribution >= 4 is 34.5 Å². The second-order valence-corrected chi connectivity index (χ2v) is 7.96. The second kappa shape index (κ2) is 7.37. The molecule has 0 N–H and O–H groups in total. The molecular formula is C25H19NO6. The van der Waals surface area contributed by atoms with Crippen LogP contribution in [-0.4, -0.2) is 36.4 Å². The van der Waals surface area contributed by atoms with Crippen LogP contribution in [0.15, 0.2) is 42.5 Å². The van der Waals surface area contributed by atoms with Gasteiger partial charge in [-0.3, -0.25) is 0 Å². The smallest absolute Gasteiger partial charge is 0.347 e. The fraction of sp³-hybridized carbons (Fsp3) is 0.240. The summed E-state index contributed by atoms with van der Waals surface area (Å²) in [6.45, 7) is 0.500. The third-order valence-corrected chi connectivity index (χ3v) is 6.02. The molecule has 1 aromatic heterocycles. The number of allylic oxidation sites excluding steroid dienone is 1. The van der Waals surface area contributed by atoms with E-state index in [1.54, 1.807) is 0 Å². The molecule has 1 atom stereocenters. The van der Waals surface area contributed by atoms with E-state index in [4.69, 9.17) is 23.9 Å². The lowest BCUT2D eigenvalue weighted by atomic mass is 10.0. The van der Waals surface area contributed by atoms with Crippen LogP contribution in [0.2, 0.25) is 0 Å². The minimum absolute atomic E-state index is 0.228. The summed E-state index contributed by atoms with van der Waals surface area (Å²) in [4.78, 5) is 29.9. The van der Waals surface area contributed by atoms with Crippen molar-refractivity contribution in [3.63, 3.8) is 0 Å². The molecule has 2 aliphatic heterocycles. The van der Waals surface area contributed by atoms with Gasteiger partial charge in [-0.1, -0.05) is 24.3 Å². The Morgan fingerprint density at radius 3 is 2.81 bits per heavy atom. The Morgan fingerprint density at radius 2 is 1.94 bits per heavy atom. The number of fused-ring (bicyclic) bond motifs is 3. The van der Waals surface area contributed by atoms with E-state index in [9.17, 15) is 9.59 Å². The van der Waals surface area contributed by atoms with Crippen LogP contribution in [0.5, 0.6) is 11.5 Å². The molecule has 3 aliphatic rings. The van der Waals surface area contributed by atoms with E-state index in [1.165, 1.54) is 0 Å². The zero-order valence-corrected chi connectivity index (χ0v) is 17.1. The van der Waals surface area contributed by atoms with Crippen LogP contribution < -0.4 is 9.47 Å². The summed E-state index contributed by atoms with van der Waals surface area (Å²) in [5, 5.41) is 0.729. The average Bonchev–Trinajstić information content (AvgIpc) is 3.53. The Labute approximate surface area is 183 Å². The summed E-state index contributed by atoms with van der Waals surface area (Å²) >= 11 is 0. The van der Waals surface area contributed by atoms with E-state index >= 15 is 0 Å². The van der Waals surface area contributed by atoms with Crippen molar-refractivity contribution in [2.45, 2.75) is 25.4 Å².